The van der Waals surface area contributed by atoms with E-state index in [1.807, 2.05) is 24.3 Å². The largest absolute Gasteiger partial charge is 0.497 e. The van der Waals surface area contributed by atoms with Gasteiger partial charge in [-0.25, -0.2) is 8.42 Å². The number of nitrogens with one attached hydrogen (secondary N) is 2. The summed E-state index contributed by atoms with van der Waals surface area (Å²) in [6.45, 7) is 0.266. The van der Waals surface area contributed by atoms with Gasteiger partial charge in [-0.05, 0) is 42.0 Å². The average Bonchev–Trinajstić information content (AvgIpc) is 2.82. The van der Waals surface area contributed by atoms with E-state index < -0.39 is 9.84 Å². The molecule has 0 aliphatic heterocycles. The van der Waals surface area contributed by atoms with Crippen LogP contribution in [0.4, 0.5) is 5.69 Å². The first kappa shape index (κ1) is 22.2. The number of rotatable bonds is 9. The van der Waals surface area contributed by atoms with Gasteiger partial charge in [0.1, 0.15) is 11.5 Å². The van der Waals surface area contributed by atoms with Gasteiger partial charge in [0.15, 0.2) is 0 Å². The van der Waals surface area contributed by atoms with Crippen LogP contribution in [0.1, 0.15) is 5.56 Å². The molecule has 7 nitrogen and oxygen atoms in total. The van der Waals surface area contributed by atoms with Crippen molar-refractivity contribution in [3.8, 4) is 11.5 Å². The van der Waals surface area contributed by atoms with Crippen molar-refractivity contribution in [1.29, 1.82) is 0 Å². The van der Waals surface area contributed by atoms with Crippen LogP contribution in [-0.2, 0) is 21.2 Å². The van der Waals surface area contributed by atoms with Gasteiger partial charge in [-0.2, -0.15) is 0 Å². The number of benzene rings is 3. The Hall–Kier alpha value is -3.52. The Balaban J connectivity index is 1.71. The van der Waals surface area contributed by atoms with Crippen LogP contribution in [0.25, 0.3) is 0 Å². The molecule has 0 bridgehead atoms. The molecule has 3 rings (SSSR count). The lowest BCUT2D eigenvalue weighted by atomic mass is 10.2. The molecule has 1 amide bonds. The molecule has 0 aliphatic carbocycles. The predicted octanol–water partition coefficient (Wildman–Crippen LogP) is 3.26. The van der Waals surface area contributed by atoms with Crippen molar-refractivity contribution in [2.45, 2.75) is 16.3 Å². The van der Waals surface area contributed by atoms with Gasteiger partial charge >= 0.3 is 0 Å². The number of methoxy groups -OCH3 is 2. The fourth-order valence-electron chi connectivity index (χ4n) is 2.91. The summed E-state index contributed by atoms with van der Waals surface area (Å²) in [6.07, 6.45) is 0. The second-order valence-electron chi connectivity index (χ2n) is 6.66. The molecular weight excluding hydrogens is 416 g/mol. The molecule has 162 valence electrons. The summed E-state index contributed by atoms with van der Waals surface area (Å²) in [5, 5.41) is 5.73. The zero-order chi connectivity index (χ0) is 22.3. The molecule has 3 aromatic carbocycles. The Morgan fingerprint density at radius 3 is 2.16 bits per heavy atom. The van der Waals surface area contributed by atoms with Crippen LogP contribution in [0.5, 0.6) is 11.5 Å². The Bertz CT molecular complexity index is 1130. The second kappa shape index (κ2) is 9.99. The molecule has 0 fully saturated rings. The van der Waals surface area contributed by atoms with Gasteiger partial charge in [0.05, 0.1) is 36.2 Å². The summed E-state index contributed by atoms with van der Waals surface area (Å²) >= 11 is 0. The van der Waals surface area contributed by atoms with Gasteiger partial charge in [0.2, 0.25) is 15.7 Å². The number of hydrogen-bond donors (Lipinski definition) is 2. The highest BCUT2D eigenvalue weighted by Gasteiger charge is 2.22. The highest BCUT2D eigenvalue weighted by atomic mass is 32.2. The Kier molecular flexibility index (Phi) is 7.15. The molecule has 0 aliphatic rings. The van der Waals surface area contributed by atoms with Crippen LogP contribution < -0.4 is 20.1 Å². The maximum atomic E-state index is 13.1. The normalized spacial score (nSPS) is 10.9. The summed E-state index contributed by atoms with van der Waals surface area (Å²) in [5.74, 6) is 0.877. The van der Waals surface area contributed by atoms with E-state index in [2.05, 4.69) is 10.6 Å². The summed E-state index contributed by atoms with van der Waals surface area (Å²) in [4.78, 5) is 12.5. The van der Waals surface area contributed by atoms with Crippen LogP contribution in [0.3, 0.4) is 0 Å². The maximum absolute atomic E-state index is 13.1. The fraction of sp³-hybridized carbons (Fsp3) is 0.174. The molecule has 0 spiro atoms. The molecule has 0 unspecified atom stereocenters. The molecule has 0 aromatic heterocycles. The summed E-state index contributed by atoms with van der Waals surface area (Å²) in [5.41, 5.74) is 1.25. The molecule has 2 N–H and O–H groups in total. The topological polar surface area (TPSA) is 93.7 Å². The molecule has 0 saturated carbocycles. The van der Waals surface area contributed by atoms with E-state index >= 15 is 0 Å². The third-order valence-electron chi connectivity index (χ3n) is 4.62. The Labute approximate surface area is 181 Å². The summed E-state index contributed by atoms with van der Waals surface area (Å²) in [6, 6.07) is 20.2. The lowest BCUT2D eigenvalue weighted by molar-refractivity contribution is -0.119. The minimum atomic E-state index is -3.80. The van der Waals surface area contributed by atoms with Gasteiger partial charge in [-0.15, -0.1) is 0 Å². The number of carbonyl (C=O) groups is 1. The fourth-order valence-corrected chi connectivity index (χ4v) is 4.38. The van der Waals surface area contributed by atoms with E-state index in [4.69, 9.17) is 9.47 Å². The highest BCUT2D eigenvalue weighted by molar-refractivity contribution is 7.91. The quantitative estimate of drug-likeness (QED) is 0.531. The number of hydrogen-bond acceptors (Lipinski definition) is 6. The molecule has 8 heteroatoms. The first-order valence-corrected chi connectivity index (χ1v) is 11.0. The van der Waals surface area contributed by atoms with Crippen LogP contribution >= 0.6 is 0 Å². The van der Waals surface area contributed by atoms with Crippen LogP contribution in [0.15, 0.2) is 82.6 Å². The molecule has 0 atom stereocenters. The standard InChI is InChI=1S/C23H24N2O5S/c1-29-18-10-8-17(9-11-18)15-25-23(26)16-24-21-13-12-19(30-2)14-22(21)31(27,28)20-6-4-3-5-7-20/h3-14,24H,15-16H2,1-2H3,(H,25,26). The van der Waals surface area contributed by atoms with E-state index in [0.717, 1.165) is 11.3 Å². The van der Waals surface area contributed by atoms with Crippen LogP contribution in [0.2, 0.25) is 0 Å². The molecule has 0 radical (unpaired) electrons. The lowest BCUT2D eigenvalue weighted by Crippen LogP contribution is -2.29. The monoisotopic (exact) mass is 440 g/mol. The Morgan fingerprint density at radius 1 is 0.871 bits per heavy atom. The van der Waals surface area contributed by atoms with Crippen molar-refractivity contribution >= 4 is 21.4 Å². The minimum Gasteiger partial charge on any atom is -0.497 e. The number of sulfone groups is 1. The van der Waals surface area contributed by atoms with E-state index in [1.165, 1.54) is 25.3 Å². The van der Waals surface area contributed by atoms with E-state index in [0.29, 0.717) is 18.0 Å². The maximum Gasteiger partial charge on any atom is 0.239 e. The highest BCUT2D eigenvalue weighted by Crippen LogP contribution is 2.31. The third kappa shape index (κ3) is 5.55. The van der Waals surface area contributed by atoms with E-state index in [1.54, 1.807) is 37.4 Å². The van der Waals surface area contributed by atoms with Gasteiger partial charge in [-0.1, -0.05) is 30.3 Å². The number of ether oxygens (including phenoxy) is 2. The van der Waals surface area contributed by atoms with Gasteiger partial charge < -0.3 is 20.1 Å². The van der Waals surface area contributed by atoms with Gasteiger partial charge in [0.25, 0.3) is 0 Å². The molecule has 3 aromatic rings. The smallest absolute Gasteiger partial charge is 0.239 e. The SMILES string of the molecule is COc1ccc(CNC(=O)CNc2ccc(OC)cc2S(=O)(=O)c2ccccc2)cc1. The minimum absolute atomic E-state index is 0.0426. The van der Waals surface area contributed by atoms with Gasteiger partial charge in [-0.3, -0.25) is 4.79 Å². The van der Waals surface area contributed by atoms with Crippen molar-refractivity contribution in [3.63, 3.8) is 0 Å². The average molecular weight is 441 g/mol. The first-order valence-electron chi connectivity index (χ1n) is 9.55. The molecular formula is C23H24N2O5S. The third-order valence-corrected chi connectivity index (χ3v) is 6.43. The Morgan fingerprint density at radius 2 is 1.52 bits per heavy atom. The van der Waals surface area contributed by atoms with Crippen molar-refractivity contribution in [1.82, 2.24) is 5.32 Å². The first-order chi connectivity index (χ1) is 14.9. The number of carbonyl (C=O) groups excluding carboxylic acids is 1. The van der Waals surface area contributed by atoms with Crippen molar-refractivity contribution in [2.24, 2.45) is 0 Å². The van der Waals surface area contributed by atoms with E-state index in [-0.39, 0.29) is 22.2 Å². The van der Waals surface area contributed by atoms with Crippen molar-refractivity contribution in [2.75, 3.05) is 26.1 Å². The number of amides is 1. The summed E-state index contributed by atoms with van der Waals surface area (Å²) in [7, 11) is -0.741. The zero-order valence-corrected chi connectivity index (χ0v) is 18.1. The number of anilines is 1. The molecule has 0 heterocycles. The zero-order valence-electron chi connectivity index (χ0n) is 17.3. The van der Waals surface area contributed by atoms with E-state index in [9.17, 15) is 13.2 Å². The van der Waals surface area contributed by atoms with Crippen molar-refractivity contribution in [3.05, 3.63) is 78.4 Å². The molecule has 0 saturated heterocycles. The van der Waals surface area contributed by atoms with Crippen LogP contribution in [0, 0.1) is 0 Å². The lowest BCUT2D eigenvalue weighted by Gasteiger charge is -2.14. The van der Waals surface area contributed by atoms with Crippen molar-refractivity contribution < 1.29 is 22.7 Å². The summed E-state index contributed by atoms with van der Waals surface area (Å²) < 4.78 is 36.6. The van der Waals surface area contributed by atoms with Crippen LogP contribution in [-0.4, -0.2) is 35.1 Å². The predicted molar refractivity (Wildman–Crippen MR) is 118 cm³/mol. The molecule has 31 heavy (non-hydrogen) atoms. The second-order valence-corrected chi connectivity index (χ2v) is 8.58. The van der Waals surface area contributed by atoms with Gasteiger partial charge in [0, 0.05) is 12.6 Å².